The van der Waals surface area contributed by atoms with Gasteiger partial charge in [0.15, 0.2) is 0 Å². The summed E-state index contributed by atoms with van der Waals surface area (Å²) < 4.78 is 0. The van der Waals surface area contributed by atoms with Gasteiger partial charge >= 0.3 is 0 Å². The van der Waals surface area contributed by atoms with Gasteiger partial charge in [-0.1, -0.05) is 90.8 Å². The fourth-order valence-electron chi connectivity index (χ4n) is 4.89. The highest BCUT2D eigenvalue weighted by atomic mass is 35.5. The first-order valence-corrected chi connectivity index (χ1v) is 11.6. The van der Waals surface area contributed by atoms with Gasteiger partial charge in [0.2, 0.25) is 0 Å². The van der Waals surface area contributed by atoms with E-state index in [9.17, 15) is 5.26 Å². The molecular formula is C28H29ClN2. The Morgan fingerprint density at radius 2 is 1.48 bits per heavy atom. The average Bonchev–Trinajstić information content (AvgIpc) is 2.84. The summed E-state index contributed by atoms with van der Waals surface area (Å²) in [6, 6.07) is 32.0. The molecule has 0 radical (unpaired) electrons. The van der Waals surface area contributed by atoms with Crippen molar-refractivity contribution in [2.75, 3.05) is 13.1 Å². The molecule has 0 N–H and O–H groups in total. The third-order valence-electron chi connectivity index (χ3n) is 6.62. The summed E-state index contributed by atoms with van der Waals surface area (Å²) in [7, 11) is 0. The van der Waals surface area contributed by atoms with E-state index in [4.69, 9.17) is 11.6 Å². The molecule has 31 heavy (non-hydrogen) atoms. The predicted molar refractivity (Wildman–Crippen MR) is 128 cm³/mol. The van der Waals surface area contributed by atoms with Gasteiger partial charge < -0.3 is 0 Å². The van der Waals surface area contributed by atoms with Gasteiger partial charge in [0.1, 0.15) is 5.41 Å². The van der Waals surface area contributed by atoms with Crippen LogP contribution in [-0.4, -0.2) is 24.0 Å². The van der Waals surface area contributed by atoms with Crippen molar-refractivity contribution in [3.05, 3.63) is 107 Å². The molecule has 158 valence electrons. The minimum absolute atomic E-state index is 0.390. The molecule has 1 unspecified atom stereocenters. The van der Waals surface area contributed by atoms with Crippen LogP contribution in [0.3, 0.4) is 0 Å². The standard InChI is InChI=1S/C28H29ClN2/c29-26-16-14-23(15-17-26)18-20-31-19-8-7-13-27(31)21-28(22-30,24-9-3-1-4-10-24)25-11-5-2-6-12-25/h1-6,9-12,14-17,27H,7-8,13,18-21H2. The van der Waals surface area contributed by atoms with Crippen LogP contribution in [0.1, 0.15) is 42.4 Å². The highest BCUT2D eigenvalue weighted by Crippen LogP contribution is 2.39. The van der Waals surface area contributed by atoms with Crippen molar-refractivity contribution >= 4 is 11.6 Å². The van der Waals surface area contributed by atoms with Crippen LogP contribution in [0, 0.1) is 11.3 Å². The van der Waals surface area contributed by atoms with Crippen molar-refractivity contribution in [1.82, 2.24) is 4.90 Å². The summed E-state index contributed by atoms with van der Waals surface area (Å²) >= 11 is 6.05. The van der Waals surface area contributed by atoms with Crippen molar-refractivity contribution in [2.45, 2.75) is 43.6 Å². The van der Waals surface area contributed by atoms with Crippen LogP contribution in [0.15, 0.2) is 84.9 Å². The zero-order valence-electron chi connectivity index (χ0n) is 17.9. The van der Waals surface area contributed by atoms with Crippen LogP contribution in [0.2, 0.25) is 5.02 Å². The van der Waals surface area contributed by atoms with E-state index in [2.05, 4.69) is 47.4 Å². The summed E-state index contributed by atoms with van der Waals surface area (Å²) in [5.41, 5.74) is 2.86. The van der Waals surface area contributed by atoms with E-state index in [-0.39, 0.29) is 0 Å². The SMILES string of the molecule is N#CC(CC1CCCCN1CCc1ccc(Cl)cc1)(c1ccccc1)c1ccccc1. The van der Waals surface area contributed by atoms with Crippen LogP contribution in [0.25, 0.3) is 0 Å². The summed E-state index contributed by atoms with van der Waals surface area (Å²) in [5.74, 6) is 0. The highest BCUT2D eigenvalue weighted by molar-refractivity contribution is 6.30. The number of benzene rings is 3. The van der Waals surface area contributed by atoms with E-state index in [1.165, 1.54) is 18.4 Å². The second-order valence-corrected chi connectivity index (χ2v) is 8.95. The Bertz CT molecular complexity index is 953. The maximum Gasteiger partial charge on any atom is 0.109 e. The number of piperidine rings is 1. The van der Waals surface area contributed by atoms with Crippen molar-refractivity contribution in [3.63, 3.8) is 0 Å². The summed E-state index contributed by atoms with van der Waals surface area (Å²) in [6.45, 7) is 2.11. The van der Waals surface area contributed by atoms with Gasteiger partial charge in [-0.15, -0.1) is 0 Å². The lowest BCUT2D eigenvalue weighted by molar-refractivity contribution is 0.131. The summed E-state index contributed by atoms with van der Waals surface area (Å²) in [6.07, 6.45) is 5.42. The number of rotatable bonds is 7. The van der Waals surface area contributed by atoms with Crippen LogP contribution in [0.5, 0.6) is 0 Å². The van der Waals surface area contributed by atoms with Gasteiger partial charge in [-0.2, -0.15) is 5.26 Å². The molecule has 0 aromatic heterocycles. The molecule has 1 fully saturated rings. The molecule has 1 aliphatic rings. The van der Waals surface area contributed by atoms with E-state index in [1.54, 1.807) is 0 Å². The van der Waals surface area contributed by atoms with E-state index in [0.717, 1.165) is 48.5 Å². The molecule has 3 aromatic rings. The molecule has 2 nitrogen and oxygen atoms in total. The minimum Gasteiger partial charge on any atom is -0.300 e. The zero-order valence-corrected chi connectivity index (χ0v) is 18.6. The van der Waals surface area contributed by atoms with Gasteiger partial charge in [0.05, 0.1) is 6.07 Å². The molecule has 3 aromatic carbocycles. The second kappa shape index (κ2) is 10.1. The van der Waals surface area contributed by atoms with E-state index < -0.39 is 5.41 Å². The molecule has 3 heteroatoms. The van der Waals surface area contributed by atoms with Gasteiger partial charge in [-0.3, -0.25) is 4.90 Å². The smallest absolute Gasteiger partial charge is 0.109 e. The number of likely N-dealkylation sites (tertiary alicyclic amines) is 1. The summed E-state index contributed by atoms with van der Waals surface area (Å²) in [5, 5.41) is 11.3. The molecule has 1 aliphatic heterocycles. The van der Waals surface area contributed by atoms with Crippen molar-refractivity contribution in [2.24, 2.45) is 0 Å². The summed E-state index contributed by atoms with van der Waals surface area (Å²) in [4.78, 5) is 2.61. The van der Waals surface area contributed by atoms with Crippen LogP contribution in [0.4, 0.5) is 0 Å². The van der Waals surface area contributed by atoms with Crippen LogP contribution >= 0.6 is 11.6 Å². The van der Waals surface area contributed by atoms with Crippen molar-refractivity contribution < 1.29 is 0 Å². The lowest BCUT2D eigenvalue weighted by atomic mass is 9.70. The van der Waals surface area contributed by atoms with Gasteiger partial charge in [-0.05, 0) is 61.1 Å². The van der Waals surface area contributed by atoms with Gasteiger partial charge in [0.25, 0.3) is 0 Å². The third kappa shape index (κ3) is 5.01. The number of halogens is 1. The zero-order chi connectivity index (χ0) is 21.5. The quantitative estimate of drug-likeness (QED) is 0.421. The van der Waals surface area contributed by atoms with E-state index in [0.29, 0.717) is 6.04 Å². The molecule has 0 amide bonds. The Morgan fingerprint density at radius 3 is 2.06 bits per heavy atom. The Hall–Kier alpha value is -2.60. The fourth-order valence-corrected chi connectivity index (χ4v) is 5.01. The van der Waals surface area contributed by atoms with Crippen molar-refractivity contribution in [3.8, 4) is 6.07 Å². The van der Waals surface area contributed by atoms with Crippen LogP contribution in [-0.2, 0) is 11.8 Å². The molecule has 1 atom stereocenters. The maximum atomic E-state index is 10.6. The van der Waals surface area contributed by atoms with Gasteiger partial charge in [-0.25, -0.2) is 0 Å². The first-order chi connectivity index (χ1) is 15.2. The maximum absolute atomic E-state index is 10.6. The number of nitriles is 1. The molecule has 0 saturated carbocycles. The molecule has 1 saturated heterocycles. The molecule has 0 spiro atoms. The molecule has 0 aliphatic carbocycles. The Kier molecular flexibility index (Phi) is 7.07. The fraction of sp³-hybridized carbons (Fsp3) is 0.321. The van der Waals surface area contributed by atoms with Crippen molar-refractivity contribution in [1.29, 1.82) is 5.26 Å². The predicted octanol–water partition coefficient (Wildman–Crippen LogP) is 6.64. The number of hydrogen-bond acceptors (Lipinski definition) is 2. The van der Waals surface area contributed by atoms with Gasteiger partial charge in [0, 0.05) is 17.6 Å². The largest absolute Gasteiger partial charge is 0.300 e. The Labute approximate surface area is 191 Å². The van der Waals surface area contributed by atoms with E-state index in [1.807, 2.05) is 48.5 Å². The number of nitrogens with zero attached hydrogens (tertiary/aromatic N) is 2. The topological polar surface area (TPSA) is 27.0 Å². The first-order valence-electron chi connectivity index (χ1n) is 11.2. The van der Waals surface area contributed by atoms with E-state index >= 15 is 0 Å². The normalized spacial score (nSPS) is 17.2. The number of hydrogen-bond donors (Lipinski definition) is 0. The lowest BCUT2D eigenvalue weighted by Gasteiger charge is -2.40. The Balaban J connectivity index is 1.60. The third-order valence-corrected chi connectivity index (χ3v) is 6.87. The Morgan fingerprint density at radius 1 is 0.871 bits per heavy atom. The highest BCUT2D eigenvalue weighted by Gasteiger charge is 2.39. The lowest BCUT2D eigenvalue weighted by Crippen LogP contribution is -2.45. The first kappa shape index (κ1) is 21.6. The average molecular weight is 429 g/mol. The monoisotopic (exact) mass is 428 g/mol. The molecular weight excluding hydrogens is 400 g/mol. The second-order valence-electron chi connectivity index (χ2n) is 8.52. The minimum atomic E-state index is -0.636. The molecule has 1 heterocycles. The molecule has 4 rings (SSSR count). The molecule has 0 bridgehead atoms. The van der Waals surface area contributed by atoms with Crippen LogP contribution < -0.4 is 0 Å².